The van der Waals surface area contributed by atoms with Crippen molar-refractivity contribution in [2.24, 2.45) is 0 Å². The number of hydrogen-bond donors (Lipinski definition) is 1. The fourth-order valence-corrected chi connectivity index (χ4v) is 2.87. The van der Waals surface area contributed by atoms with Gasteiger partial charge in [0, 0.05) is 24.4 Å². The maximum Gasteiger partial charge on any atom is 0.323 e. The first-order valence-electron chi connectivity index (χ1n) is 6.73. The van der Waals surface area contributed by atoms with Crippen molar-refractivity contribution in [3.8, 4) is 6.01 Å². The van der Waals surface area contributed by atoms with Gasteiger partial charge in [-0.15, -0.1) is 11.3 Å². The molecule has 0 atom stereocenters. The van der Waals surface area contributed by atoms with Gasteiger partial charge in [-0.05, 0) is 24.3 Å². The molecule has 2 N–H and O–H groups in total. The average molecular weight is 291 g/mol. The molecule has 2 aromatic rings. The Balaban J connectivity index is 1.63. The molecule has 1 aliphatic heterocycles. The summed E-state index contributed by atoms with van der Waals surface area (Å²) in [6.07, 6.45) is 3.18. The minimum Gasteiger partial charge on any atom is -0.463 e. The molecular weight excluding hydrogens is 274 g/mol. The van der Waals surface area contributed by atoms with Crippen LogP contribution in [0, 0.1) is 0 Å². The molecule has 1 aliphatic rings. The summed E-state index contributed by atoms with van der Waals surface area (Å²) in [5.74, 6) is 0.842. The zero-order valence-electron chi connectivity index (χ0n) is 11.2. The first-order valence-corrected chi connectivity index (χ1v) is 7.61. The third kappa shape index (κ3) is 3.16. The Labute approximate surface area is 121 Å². The van der Waals surface area contributed by atoms with E-state index in [4.69, 9.17) is 10.5 Å². The molecule has 6 nitrogen and oxygen atoms in total. The molecule has 20 heavy (non-hydrogen) atoms. The number of thiophene rings is 1. The van der Waals surface area contributed by atoms with Gasteiger partial charge in [0.1, 0.15) is 0 Å². The van der Waals surface area contributed by atoms with Gasteiger partial charge in [0.05, 0.1) is 6.61 Å². The number of aromatic nitrogens is 3. The van der Waals surface area contributed by atoms with E-state index in [1.807, 2.05) is 6.07 Å². The van der Waals surface area contributed by atoms with Crippen molar-refractivity contribution in [1.29, 1.82) is 0 Å². The van der Waals surface area contributed by atoms with Crippen LogP contribution >= 0.6 is 11.3 Å². The monoisotopic (exact) mass is 291 g/mol. The van der Waals surface area contributed by atoms with Crippen LogP contribution in [0.1, 0.15) is 17.7 Å². The molecule has 106 valence electrons. The fraction of sp³-hybridized carbons (Fsp3) is 0.462. The van der Waals surface area contributed by atoms with Gasteiger partial charge in [0.15, 0.2) is 0 Å². The van der Waals surface area contributed by atoms with E-state index in [2.05, 4.69) is 31.3 Å². The van der Waals surface area contributed by atoms with Crippen molar-refractivity contribution >= 4 is 23.2 Å². The fourth-order valence-electron chi connectivity index (χ4n) is 2.18. The number of hydrogen-bond acceptors (Lipinski definition) is 7. The van der Waals surface area contributed by atoms with Gasteiger partial charge in [0.2, 0.25) is 11.9 Å². The Kier molecular flexibility index (Phi) is 3.96. The second-order valence-corrected chi connectivity index (χ2v) is 5.68. The van der Waals surface area contributed by atoms with E-state index in [9.17, 15) is 0 Å². The largest absolute Gasteiger partial charge is 0.463 e. The molecular formula is C13H17N5OS. The molecule has 0 aliphatic carbocycles. The Hall–Kier alpha value is -1.89. The summed E-state index contributed by atoms with van der Waals surface area (Å²) in [5.41, 5.74) is 5.73. The third-order valence-electron chi connectivity index (χ3n) is 3.17. The lowest BCUT2D eigenvalue weighted by molar-refractivity contribution is 0.297. The summed E-state index contributed by atoms with van der Waals surface area (Å²) < 4.78 is 5.60. The van der Waals surface area contributed by atoms with E-state index in [1.54, 1.807) is 11.3 Å². The smallest absolute Gasteiger partial charge is 0.323 e. The molecule has 3 rings (SSSR count). The molecule has 0 amide bonds. The van der Waals surface area contributed by atoms with Gasteiger partial charge < -0.3 is 15.4 Å². The van der Waals surface area contributed by atoms with Crippen LogP contribution in [0.25, 0.3) is 0 Å². The molecule has 0 spiro atoms. The minimum absolute atomic E-state index is 0.216. The van der Waals surface area contributed by atoms with Crippen LogP contribution in [-0.2, 0) is 6.42 Å². The van der Waals surface area contributed by atoms with Gasteiger partial charge in [0.25, 0.3) is 0 Å². The van der Waals surface area contributed by atoms with Crippen LogP contribution in [-0.4, -0.2) is 34.6 Å². The lowest BCUT2D eigenvalue weighted by atomic mass is 10.4. The normalized spacial score (nSPS) is 14.7. The van der Waals surface area contributed by atoms with E-state index >= 15 is 0 Å². The molecule has 0 aromatic carbocycles. The van der Waals surface area contributed by atoms with Gasteiger partial charge in [-0.2, -0.15) is 15.0 Å². The van der Waals surface area contributed by atoms with Crippen LogP contribution in [0.2, 0.25) is 0 Å². The number of nitrogen functional groups attached to an aromatic ring is 1. The topological polar surface area (TPSA) is 77.2 Å². The number of nitrogens with zero attached hydrogens (tertiary/aromatic N) is 4. The maximum absolute atomic E-state index is 5.73. The quantitative estimate of drug-likeness (QED) is 0.904. The minimum atomic E-state index is 0.216. The summed E-state index contributed by atoms with van der Waals surface area (Å²) in [7, 11) is 0. The van der Waals surface area contributed by atoms with E-state index in [-0.39, 0.29) is 5.95 Å². The predicted molar refractivity (Wildman–Crippen MR) is 79.2 cm³/mol. The summed E-state index contributed by atoms with van der Waals surface area (Å²) >= 11 is 1.72. The second-order valence-electron chi connectivity index (χ2n) is 4.65. The summed E-state index contributed by atoms with van der Waals surface area (Å²) in [6.45, 7) is 2.49. The molecule has 0 radical (unpaired) electrons. The zero-order valence-corrected chi connectivity index (χ0v) is 12.0. The first-order chi connectivity index (χ1) is 9.81. The second kappa shape index (κ2) is 6.04. The molecule has 1 saturated heterocycles. The van der Waals surface area contributed by atoms with Crippen molar-refractivity contribution in [3.63, 3.8) is 0 Å². The predicted octanol–water partition coefficient (Wildman–Crippen LogP) is 1.74. The highest BCUT2D eigenvalue weighted by Crippen LogP contribution is 2.18. The van der Waals surface area contributed by atoms with Crippen LogP contribution in [0.3, 0.4) is 0 Å². The van der Waals surface area contributed by atoms with Crippen LogP contribution in [0.5, 0.6) is 6.01 Å². The standard InChI is InChI=1S/C13H17N5OS/c14-11-15-12(18-6-1-2-7-18)17-13(16-11)19-8-5-10-4-3-9-20-10/h3-4,9H,1-2,5-8H2,(H2,14,15,16,17). The van der Waals surface area contributed by atoms with Gasteiger partial charge in [-0.3, -0.25) is 0 Å². The molecule has 1 fully saturated rings. The van der Waals surface area contributed by atoms with E-state index in [0.29, 0.717) is 18.6 Å². The highest BCUT2D eigenvalue weighted by molar-refractivity contribution is 7.09. The molecule has 0 saturated carbocycles. The van der Waals surface area contributed by atoms with Crippen molar-refractivity contribution in [2.45, 2.75) is 19.3 Å². The number of anilines is 2. The highest BCUT2D eigenvalue weighted by atomic mass is 32.1. The average Bonchev–Trinajstić information content (AvgIpc) is 3.11. The van der Waals surface area contributed by atoms with Gasteiger partial charge in [-0.25, -0.2) is 0 Å². The third-order valence-corrected chi connectivity index (χ3v) is 4.11. The maximum atomic E-state index is 5.73. The lowest BCUT2D eigenvalue weighted by Crippen LogP contribution is -2.22. The van der Waals surface area contributed by atoms with Crippen molar-refractivity contribution < 1.29 is 4.74 Å². The van der Waals surface area contributed by atoms with E-state index < -0.39 is 0 Å². The zero-order chi connectivity index (χ0) is 13.8. The van der Waals surface area contributed by atoms with Gasteiger partial charge >= 0.3 is 6.01 Å². The van der Waals surface area contributed by atoms with Crippen molar-refractivity contribution in [1.82, 2.24) is 15.0 Å². The molecule has 3 heterocycles. The van der Waals surface area contributed by atoms with Crippen LogP contribution in [0.4, 0.5) is 11.9 Å². The number of ether oxygens (including phenoxy) is 1. The molecule has 7 heteroatoms. The van der Waals surface area contributed by atoms with E-state index in [1.165, 1.54) is 17.7 Å². The number of nitrogens with two attached hydrogens (primary N) is 1. The summed E-state index contributed by atoms with van der Waals surface area (Å²) in [6, 6.07) is 4.44. The molecule has 0 unspecified atom stereocenters. The van der Waals surface area contributed by atoms with Crippen LogP contribution in [0.15, 0.2) is 17.5 Å². The Morgan fingerprint density at radius 1 is 1.25 bits per heavy atom. The molecule has 2 aromatic heterocycles. The van der Waals surface area contributed by atoms with Crippen molar-refractivity contribution in [3.05, 3.63) is 22.4 Å². The lowest BCUT2D eigenvalue weighted by Gasteiger charge is -2.15. The summed E-state index contributed by atoms with van der Waals surface area (Å²) in [4.78, 5) is 16.0. The highest BCUT2D eigenvalue weighted by Gasteiger charge is 2.17. The molecule has 0 bridgehead atoms. The van der Waals surface area contributed by atoms with Crippen molar-refractivity contribution in [2.75, 3.05) is 30.3 Å². The van der Waals surface area contributed by atoms with Crippen LogP contribution < -0.4 is 15.4 Å². The van der Waals surface area contributed by atoms with E-state index in [0.717, 1.165) is 19.5 Å². The summed E-state index contributed by atoms with van der Waals surface area (Å²) in [5, 5.41) is 2.06. The number of rotatable bonds is 5. The SMILES string of the molecule is Nc1nc(OCCc2cccs2)nc(N2CCCC2)n1. The van der Waals surface area contributed by atoms with Gasteiger partial charge in [-0.1, -0.05) is 6.07 Å². The Bertz CT molecular complexity index is 554. The Morgan fingerprint density at radius 3 is 2.85 bits per heavy atom. The Morgan fingerprint density at radius 2 is 2.10 bits per heavy atom. The first kappa shape index (κ1) is 13.1.